The molecule has 23 heavy (non-hydrogen) atoms. The van der Waals surface area contributed by atoms with Crippen molar-refractivity contribution < 1.29 is 23.9 Å². The topological polar surface area (TPSA) is 72.9 Å². The number of halogens is 1. The normalized spacial score (nSPS) is 35.1. The van der Waals surface area contributed by atoms with Gasteiger partial charge in [-0.2, -0.15) is 0 Å². The van der Waals surface area contributed by atoms with Crippen molar-refractivity contribution in [3.63, 3.8) is 0 Å². The maximum absolute atomic E-state index is 12.8. The zero-order chi connectivity index (χ0) is 16.4. The second-order valence-corrected chi connectivity index (χ2v) is 6.59. The van der Waals surface area contributed by atoms with E-state index in [2.05, 4.69) is 15.9 Å². The number of imide groups is 1. The second kappa shape index (κ2) is 4.83. The molecule has 7 heteroatoms. The molecule has 118 valence electrons. The standard InChI is InChI=1S/C16H12BrNO5/c1-22-16-7-6-10(23-16)11(17)12(19)13(16)18-14(20)8-4-2-3-5-9(8)15(18)21/h2-7,10-11,13H,1H3/t10-,11+,13+,16+/m1/s1. The number of benzene rings is 1. The minimum Gasteiger partial charge on any atom is -0.348 e. The Labute approximate surface area is 140 Å². The smallest absolute Gasteiger partial charge is 0.262 e. The highest BCUT2D eigenvalue weighted by molar-refractivity contribution is 9.10. The maximum Gasteiger partial charge on any atom is 0.262 e. The largest absolute Gasteiger partial charge is 0.348 e. The predicted molar refractivity (Wildman–Crippen MR) is 82.2 cm³/mol. The summed E-state index contributed by atoms with van der Waals surface area (Å²) in [4.78, 5) is 38.5. The lowest BCUT2D eigenvalue weighted by Crippen LogP contribution is -2.65. The van der Waals surface area contributed by atoms with E-state index in [1.54, 1.807) is 36.4 Å². The fraction of sp³-hybridized carbons (Fsp3) is 0.312. The van der Waals surface area contributed by atoms with Crippen molar-refractivity contribution in [2.24, 2.45) is 0 Å². The lowest BCUT2D eigenvalue weighted by atomic mass is 9.96. The van der Waals surface area contributed by atoms with Crippen molar-refractivity contribution in [3.8, 4) is 0 Å². The highest BCUT2D eigenvalue weighted by atomic mass is 79.9. The molecule has 3 heterocycles. The molecule has 0 N–H and O–H groups in total. The van der Waals surface area contributed by atoms with Crippen molar-refractivity contribution in [1.29, 1.82) is 0 Å². The molecule has 3 aliphatic rings. The van der Waals surface area contributed by atoms with E-state index in [0.29, 0.717) is 0 Å². The number of Topliss-reactive ketones (excluding diaryl/α,β-unsaturated/α-hetero) is 1. The summed E-state index contributed by atoms with van der Waals surface area (Å²) in [5, 5.41) is 0. The summed E-state index contributed by atoms with van der Waals surface area (Å²) in [6, 6.07) is 5.33. The molecule has 4 rings (SSSR count). The van der Waals surface area contributed by atoms with Crippen LogP contribution in [0.3, 0.4) is 0 Å². The van der Waals surface area contributed by atoms with Gasteiger partial charge in [0.2, 0.25) is 5.79 Å². The number of fused-ring (bicyclic) bond motifs is 3. The fourth-order valence-electron chi connectivity index (χ4n) is 3.32. The first-order valence-electron chi connectivity index (χ1n) is 7.07. The van der Waals surface area contributed by atoms with Gasteiger partial charge < -0.3 is 9.47 Å². The second-order valence-electron chi connectivity index (χ2n) is 5.60. The molecule has 3 aliphatic heterocycles. The zero-order valence-corrected chi connectivity index (χ0v) is 13.6. The Kier molecular flexibility index (Phi) is 3.10. The summed E-state index contributed by atoms with van der Waals surface area (Å²) in [6.45, 7) is 0. The number of rotatable bonds is 2. The Bertz CT molecular complexity index is 740. The fourth-order valence-corrected chi connectivity index (χ4v) is 3.86. The first-order valence-corrected chi connectivity index (χ1v) is 7.99. The molecule has 2 amide bonds. The van der Waals surface area contributed by atoms with Crippen LogP contribution in [0.2, 0.25) is 0 Å². The molecule has 1 aromatic rings. The lowest BCUT2D eigenvalue weighted by molar-refractivity contribution is -0.230. The van der Waals surface area contributed by atoms with Crippen LogP contribution in [0.25, 0.3) is 0 Å². The summed E-state index contributed by atoms with van der Waals surface area (Å²) in [6.07, 6.45) is 2.83. The Morgan fingerprint density at radius 3 is 2.35 bits per heavy atom. The molecule has 0 spiro atoms. The third kappa shape index (κ3) is 1.78. The summed E-state index contributed by atoms with van der Waals surface area (Å²) < 4.78 is 11.2. The van der Waals surface area contributed by atoms with E-state index in [-0.39, 0.29) is 16.9 Å². The van der Waals surface area contributed by atoms with Gasteiger partial charge in [-0.05, 0) is 18.2 Å². The average molecular weight is 378 g/mol. The number of hydrogen-bond donors (Lipinski definition) is 0. The number of ether oxygens (including phenoxy) is 2. The molecular weight excluding hydrogens is 366 g/mol. The number of nitrogens with zero attached hydrogens (tertiary/aromatic N) is 1. The average Bonchev–Trinajstić information content (AvgIpc) is 3.08. The molecule has 0 saturated carbocycles. The van der Waals surface area contributed by atoms with Crippen LogP contribution in [-0.4, -0.2) is 52.4 Å². The number of hydrogen-bond acceptors (Lipinski definition) is 5. The van der Waals surface area contributed by atoms with Gasteiger partial charge in [-0.15, -0.1) is 0 Å². The van der Waals surface area contributed by atoms with E-state index >= 15 is 0 Å². The molecule has 1 aromatic carbocycles. The van der Waals surface area contributed by atoms with Gasteiger partial charge in [0.15, 0.2) is 11.8 Å². The van der Waals surface area contributed by atoms with Crippen LogP contribution in [0.5, 0.6) is 0 Å². The summed E-state index contributed by atoms with van der Waals surface area (Å²) in [5.74, 6) is -2.77. The highest BCUT2D eigenvalue weighted by Gasteiger charge is 2.61. The predicted octanol–water partition coefficient (Wildman–Crippen LogP) is 1.30. The molecule has 1 saturated heterocycles. The number of amides is 2. The summed E-state index contributed by atoms with van der Waals surface area (Å²) in [5.41, 5.74) is 0.568. The molecule has 0 unspecified atom stereocenters. The van der Waals surface area contributed by atoms with Crippen molar-refractivity contribution in [3.05, 3.63) is 47.5 Å². The SMILES string of the molecule is CO[C@@]12C=C[C@@H](O1)[C@H](Br)C(=O)[C@@H]2N1C(=O)c2ccccc2C1=O. The van der Waals surface area contributed by atoms with Crippen LogP contribution in [0.1, 0.15) is 20.7 Å². The lowest BCUT2D eigenvalue weighted by Gasteiger charge is -2.43. The van der Waals surface area contributed by atoms with Gasteiger partial charge in [-0.3, -0.25) is 19.3 Å². The van der Waals surface area contributed by atoms with Gasteiger partial charge in [0.25, 0.3) is 11.8 Å². The van der Waals surface area contributed by atoms with Crippen molar-refractivity contribution in [2.45, 2.75) is 22.8 Å². The van der Waals surface area contributed by atoms with E-state index in [1.165, 1.54) is 7.11 Å². The third-order valence-electron chi connectivity index (χ3n) is 4.45. The molecule has 4 atom stereocenters. The first kappa shape index (κ1) is 14.7. The van der Waals surface area contributed by atoms with Gasteiger partial charge in [-0.1, -0.05) is 34.1 Å². The molecule has 0 aliphatic carbocycles. The number of carbonyl (C=O) groups is 3. The van der Waals surface area contributed by atoms with E-state index in [0.717, 1.165) is 4.90 Å². The van der Waals surface area contributed by atoms with Crippen LogP contribution < -0.4 is 0 Å². The minimum atomic E-state index is -1.43. The minimum absolute atomic E-state index is 0.284. The van der Waals surface area contributed by atoms with Crippen molar-refractivity contribution >= 4 is 33.5 Å². The molecule has 0 radical (unpaired) electrons. The van der Waals surface area contributed by atoms with Crippen molar-refractivity contribution in [1.82, 2.24) is 4.90 Å². The Hall–Kier alpha value is -1.83. The maximum atomic E-state index is 12.8. The van der Waals surface area contributed by atoms with Gasteiger partial charge in [-0.25, -0.2) is 0 Å². The van der Waals surface area contributed by atoms with E-state index in [9.17, 15) is 14.4 Å². The van der Waals surface area contributed by atoms with E-state index in [1.807, 2.05) is 0 Å². The number of carbonyl (C=O) groups excluding carboxylic acids is 3. The van der Waals surface area contributed by atoms with Crippen LogP contribution in [0.15, 0.2) is 36.4 Å². The Morgan fingerprint density at radius 1 is 1.17 bits per heavy atom. The van der Waals surface area contributed by atoms with Gasteiger partial charge in [0.1, 0.15) is 4.83 Å². The quantitative estimate of drug-likeness (QED) is 0.441. The number of alkyl halides is 1. The molecule has 1 fully saturated rings. The molecule has 6 nitrogen and oxygen atoms in total. The van der Waals surface area contributed by atoms with E-state index in [4.69, 9.17) is 9.47 Å². The van der Waals surface area contributed by atoms with Crippen LogP contribution >= 0.6 is 15.9 Å². The Balaban J connectivity index is 1.84. The number of methoxy groups -OCH3 is 1. The Morgan fingerprint density at radius 2 is 1.78 bits per heavy atom. The third-order valence-corrected chi connectivity index (χ3v) is 5.42. The monoisotopic (exact) mass is 377 g/mol. The number of ketones is 1. The van der Waals surface area contributed by atoms with Crippen LogP contribution in [0, 0.1) is 0 Å². The molecular formula is C16H12BrNO5. The van der Waals surface area contributed by atoms with Crippen molar-refractivity contribution in [2.75, 3.05) is 7.11 Å². The van der Waals surface area contributed by atoms with Crippen LogP contribution in [-0.2, 0) is 14.3 Å². The molecule has 0 aromatic heterocycles. The highest BCUT2D eigenvalue weighted by Crippen LogP contribution is 2.42. The summed E-state index contributed by atoms with van der Waals surface area (Å²) in [7, 11) is 1.39. The van der Waals surface area contributed by atoms with Crippen LogP contribution in [0.4, 0.5) is 0 Å². The van der Waals surface area contributed by atoms with Gasteiger partial charge in [0.05, 0.1) is 17.2 Å². The summed E-state index contributed by atoms with van der Waals surface area (Å²) >= 11 is 3.29. The van der Waals surface area contributed by atoms with Gasteiger partial charge in [0, 0.05) is 7.11 Å². The first-order chi connectivity index (χ1) is 11.0. The van der Waals surface area contributed by atoms with Gasteiger partial charge >= 0.3 is 0 Å². The zero-order valence-electron chi connectivity index (χ0n) is 12.1. The van der Waals surface area contributed by atoms with E-state index < -0.39 is 34.6 Å². The molecule has 2 bridgehead atoms.